The van der Waals surface area contributed by atoms with Crippen LogP contribution in [0, 0.1) is 11.3 Å². The minimum atomic E-state index is 0.345. The van der Waals surface area contributed by atoms with E-state index in [2.05, 4.69) is 16.4 Å². The Morgan fingerprint density at radius 1 is 1.33 bits per heavy atom. The molecule has 0 spiro atoms. The van der Waals surface area contributed by atoms with Crippen LogP contribution in [0.1, 0.15) is 31.2 Å². The number of nitrogens with one attached hydrogen (secondary N) is 1. The Labute approximate surface area is 124 Å². The first-order valence-electron chi connectivity index (χ1n) is 7.52. The second-order valence-electron chi connectivity index (χ2n) is 5.39. The van der Waals surface area contributed by atoms with Crippen molar-refractivity contribution >= 4 is 16.7 Å². The SMILES string of the molecule is N#Cc1cc2ccccc2nc1NCCC1CCCCO1. The van der Waals surface area contributed by atoms with E-state index in [-0.39, 0.29) is 0 Å². The molecule has 0 radical (unpaired) electrons. The van der Waals surface area contributed by atoms with E-state index in [0.29, 0.717) is 17.5 Å². The number of benzene rings is 1. The van der Waals surface area contributed by atoms with Crippen LogP contribution in [0.4, 0.5) is 5.82 Å². The maximum absolute atomic E-state index is 9.27. The molecule has 0 bridgehead atoms. The van der Waals surface area contributed by atoms with Crippen LogP contribution in [-0.4, -0.2) is 24.2 Å². The summed E-state index contributed by atoms with van der Waals surface area (Å²) in [6, 6.07) is 12.0. The molecule has 0 amide bonds. The van der Waals surface area contributed by atoms with Gasteiger partial charge in [-0.25, -0.2) is 4.98 Å². The summed E-state index contributed by atoms with van der Waals surface area (Å²) in [5, 5.41) is 13.6. The third-order valence-corrected chi connectivity index (χ3v) is 3.88. The number of anilines is 1. The third-order valence-electron chi connectivity index (χ3n) is 3.88. The Morgan fingerprint density at radius 3 is 3.05 bits per heavy atom. The summed E-state index contributed by atoms with van der Waals surface area (Å²) in [4.78, 5) is 4.55. The minimum absolute atomic E-state index is 0.345. The molecule has 2 aromatic rings. The molecule has 21 heavy (non-hydrogen) atoms. The molecule has 1 unspecified atom stereocenters. The second kappa shape index (κ2) is 6.55. The van der Waals surface area contributed by atoms with Crippen LogP contribution in [0.3, 0.4) is 0 Å². The molecule has 1 aromatic heterocycles. The van der Waals surface area contributed by atoms with Gasteiger partial charge >= 0.3 is 0 Å². The number of rotatable bonds is 4. The number of fused-ring (bicyclic) bond motifs is 1. The molecule has 0 aliphatic carbocycles. The summed E-state index contributed by atoms with van der Waals surface area (Å²) >= 11 is 0. The Kier molecular flexibility index (Phi) is 4.32. The first kappa shape index (κ1) is 13.8. The van der Waals surface area contributed by atoms with Crippen LogP contribution in [0.2, 0.25) is 0 Å². The van der Waals surface area contributed by atoms with Crippen LogP contribution < -0.4 is 5.32 Å². The van der Waals surface area contributed by atoms with E-state index in [9.17, 15) is 5.26 Å². The lowest BCUT2D eigenvalue weighted by Crippen LogP contribution is -2.22. The highest BCUT2D eigenvalue weighted by molar-refractivity contribution is 5.82. The molecule has 1 aliphatic heterocycles. The standard InChI is InChI=1S/C17H19N3O/c18-12-14-11-13-5-1-2-7-16(13)20-17(14)19-9-8-15-6-3-4-10-21-15/h1-2,5,7,11,15H,3-4,6,8-10H2,(H,19,20). The summed E-state index contributed by atoms with van der Waals surface area (Å²) in [7, 11) is 0. The second-order valence-corrected chi connectivity index (χ2v) is 5.39. The Balaban J connectivity index is 1.69. The quantitative estimate of drug-likeness (QED) is 0.932. The van der Waals surface area contributed by atoms with Crippen molar-refractivity contribution in [1.82, 2.24) is 4.98 Å². The molecule has 1 aromatic carbocycles. The highest BCUT2D eigenvalue weighted by Crippen LogP contribution is 2.20. The van der Waals surface area contributed by atoms with Gasteiger partial charge in [0.15, 0.2) is 0 Å². The number of ether oxygens (including phenoxy) is 1. The van der Waals surface area contributed by atoms with Crippen molar-refractivity contribution in [3.63, 3.8) is 0 Å². The van der Waals surface area contributed by atoms with Crippen LogP contribution in [0.15, 0.2) is 30.3 Å². The number of aromatic nitrogens is 1. The largest absolute Gasteiger partial charge is 0.378 e. The number of para-hydroxylation sites is 1. The first-order valence-corrected chi connectivity index (χ1v) is 7.52. The predicted octanol–water partition coefficient (Wildman–Crippen LogP) is 3.48. The number of hydrogen-bond acceptors (Lipinski definition) is 4. The zero-order valence-corrected chi connectivity index (χ0v) is 12.0. The average Bonchev–Trinajstić information content (AvgIpc) is 2.55. The molecule has 0 saturated carbocycles. The monoisotopic (exact) mass is 281 g/mol. The molecule has 1 saturated heterocycles. The van der Waals surface area contributed by atoms with Crippen molar-refractivity contribution in [2.24, 2.45) is 0 Å². The van der Waals surface area contributed by atoms with Crippen LogP contribution >= 0.6 is 0 Å². The summed E-state index contributed by atoms with van der Waals surface area (Å²) in [6.07, 6.45) is 4.87. The Morgan fingerprint density at radius 2 is 2.24 bits per heavy atom. The van der Waals surface area contributed by atoms with E-state index in [1.54, 1.807) is 0 Å². The molecule has 1 aliphatic rings. The zero-order chi connectivity index (χ0) is 14.5. The molecule has 4 heteroatoms. The molecule has 1 N–H and O–H groups in total. The number of nitrogens with zero attached hydrogens (tertiary/aromatic N) is 2. The van der Waals surface area contributed by atoms with Crippen molar-refractivity contribution in [3.05, 3.63) is 35.9 Å². The van der Waals surface area contributed by atoms with E-state index in [0.717, 1.165) is 36.9 Å². The molecular weight excluding hydrogens is 262 g/mol. The highest BCUT2D eigenvalue weighted by atomic mass is 16.5. The predicted molar refractivity (Wildman–Crippen MR) is 83.2 cm³/mol. The normalized spacial score (nSPS) is 18.3. The van der Waals surface area contributed by atoms with Crippen LogP contribution in [-0.2, 0) is 4.74 Å². The molecule has 4 nitrogen and oxygen atoms in total. The van der Waals surface area contributed by atoms with Gasteiger partial charge in [0.25, 0.3) is 0 Å². The fraction of sp³-hybridized carbons (Fsp3) is 0.412. The summed E-state index contributed by atoms with van der Waals surface area (Å²) in [5.41, 5.74) is 1.51. The molecule has 108 valence electrons. The zero-order valence-electron chi connectivity index (χ0n) is 12.0. The number of pyridine rings is 1. The number of hydrogen-bond donors (Lipinski definition) is 1. The van der Waals surface area contributed by atoms with E-state index < -0.39 is 0 Å². The summed E-state index contributed by atoms with van der Waals surface area (Å²) in [5.74, 6) is 0.673. The maximum atomic E-state index is 9.27. The molecular formula is C17H19N3O. The van der Waals surface area contributed by atoms with Gasteiger partial charge in [-0.15, -0.1) is 0 Å². The lowest BCUT2D eigenvalue weighted by Gasteiger charge is -2.22. The lowest BCUT2D eigenvalue weighted by molar-refractivity contribution is 0.0134. The van der Waals surface area contributed by atoms with Gasteiger partial charge < -0.3 is 10.1 Å². The van der Waals surface area contributed by atoms with Crippen molar-refractivity contribution in [1.29, 1.82) is 5.26 Å². The van der Waals surface area contributed by atoms with Crippen molar-refractivity contribution in [2.75, 3.05) is 18.5 Å². The van der Waals surface area contributed by atoms with E-state index in [1.807, 2.05) is 30.3 Å². The van der Waals surface area contributed by atoms with Crippen molar-refractivity contribution < 1.29 is 4.74 Å². The summed E-state index contributed by atoms with van der Waals surface area (Å²) < 4.78 is 5.72. The molecule has 1 atom stereocenters. The fourth-order valence-corrected chi connectivity index (χ4v) is 2.72. The van der Waals surface area contributed by atoms with Crippen molar-refractivity contribution in [2.45, 2.75) is 31.8 Å². The van der Waals surface area contributed by atoms with Gasteiger partial charge in [-0.1, -0.05) is 18.2 Å². The fourth-order valence-electron chi connectivity index (χ4n) is 2.72. The minimum Gasteiger partial charge on any atom is -0.378 e. The lowest BCUT2D eigenvalue weighted by atomic mass is 10.1. The summed E-state index contributed by atoms with van der Waals surface area (Å²) in [6.45, 7) is 1.66. The highest BCUT2D eigenvalue weighted by Gasteiger charge is 2.13. The third kappa shape index (κ3) is 3.32. The van der Waals surface area contributed by atoms with Gasteiger partial charge in [-0.05, 0) is 37.8 Å². The van der Waals surface area contributed by atoms with Gasteiger partial charge in [0.2, 0.25) is 0 Å². The average molecular weight is 281 g/mol. The molecule has 3 rings (SSSR count). The Bertz CT molecular complexity index is 657. The van der Waals surface area contributed by atoms with Crippen LogP contribution in [0.5, 0.6) is 0 Å². The van der Waals surface area contributed by atoms with Gasteiger partial charge in [-0.2, -0.15) is 5.26 Å². The maximum Gasteiger partial charge on any atom is 0.144 e. The van der Waals surface area contributed by atoms with Crippen molar-refractivity contribution in [3.8, 4) is 6.07 Å². The molecule has 2 heterocycles. The van der Waals surface area contributed by atoms with Gasteiger partial charge in [-0.3, -0.25) is 0 Å². The topological polar surface area (TPSA) is 57.9 Å². The molecule has 1 fully saturated rings. The van der Waals surface area contributed by atoms with Gasteiger partial charge in [0, 0.05) is 18.5 Å². The van der Waals surface area contributed by atoms with Gasteiger partial charge in [0.05, 0.1) is 17.2 Å². The smallest absolute Gasteiger partial charge is 0.144 e. The van der Waals surface area contributed by atoms with E-state index in [4.69, 9.17) is 4.74 Å². The van der Waals surface area contributed by atoms with E-state index >= 15 is 0 Å². The first-order chi connectivity index (χ1) is 10.4. The Hall–Kier alpha value is -2.12. The van der Waals surface area contributed by atoms with Gasteiger partial charge in [0.1, 0.15) is 11.9 Å². The van der Waals surface area contributed by atoms with E-state index in [1.165, 1.54) is 12.8 Å². The number of nitriles is 1. The van der Waals surface area contributed by atoms with Crippen LogP contribution in [0.25, 0.3) is 10.9 Å².